The zero-order valence-electron chi connectivity index (χ0n) is 12.4. The Balaban J connectivity index is 2.10. The van der Waals surface area contributed by atoms with E-state index in [1.807, 2.05) is 0 Å². The Hall–Kier alpha value is -2.34. The molecule has 0 atom stereocenters. The highest BCUT2D eigenvalue weighted by atomic mass is 35.5. The van der Waals surface area contributed by atoms with Crippen molar-refractivity contribution in [3.05, 3.63) is 73.7 Å². The van der Waals surface area contributed by atoms with Gasteiger partial charge in [-0.3, -0.25) is 4.79 Å². The molecule has 1 heterocycles. The van der Waals surface area contributed by atoms with E-state index in [1.165, 1.54) is 18.2 Å². The van der Waals surface area contributed by atoms with Crippen molar-refractivity contribution in [2.45, 2.75) is 0 Å². The van der Waals surface area contributed by atoms with E-state index in [0.717, 1.165) is 0 Å². The minimum absolute atomic E-state index is 0.0288. The average molecular weight is 396 g/mol. The molecule has 0 spiro atoms. The molecule has 0 fully saturated rings. The Labute approximate surface area is 156 Å². The van der Waals surface area contributed by atoms with Gasteiger partial charge in [-0.15, -0.1) is 0 Å². The summed E-state index contributed by atoms with van der Waals surface area (Å²) in [4.78, 5) is 30.1. The maximum absolute atomic E-state index is 12.2. The van der Waals surface area contributed by atoms with Crippen molar-refractivity contribution in [3.8, 4) is 0 Å². The Kier molecular flexibility index (Phi) is 4.81. The van der Waals surface area contributed by atoms with Gasteiger partial charge in [-0.05, 0) is 42.0 Å². The number of aromatic carboxylic acids is 1. The second-order valence-electron chi connectivity index (χ2n) is 5.12. The number of fused-ring (bicyclic) bond motifs is 1. The van der Waals surface area contributed by atoms with Gasteiger partial charge in [0.25, 0.3) is 5.56 Å². The number of carbonyl (C=O) groups is 1. The van der Waals surface area contributed by atoms with Crippen molar-refractivity contribution in [2.75, 3.05) is 0 Å². The fraction of sp³-hybridized carbons (Fsp3) is 0. The fourth-order valence-corrected chi connectivity index (χ4v) is 2.72. The van der Waals surface area contributed by atoms with Gasteiger partial charge in [-0.1, -0.05) is 40.9 Å². The number of benzene rings is 2. The second kappa shape index (κ2) is 6.88. The molecule has 5 nitrogen and oxygen atoms in total. The Morgan fingerprint density at radius 2 is 1.88 bits per heavy atom. The van der Waals surface area contributed by atoms with Crippen LogP contribution in [0.5, 0.6) is 0 Å². The molecule has 0 bridgehead atoms. The molecule has 0 aliphatic heterocycles. The molecule has 0 aliphatic carbocycles. The Morgan fingerprint density at radius 1 is 1.12 bits per heavy atom. The lowest BCUT2D eigenvalue weighted by atomic mass is 10.1. The number of rotatable bonds is 3. The van der Waals surface area contributed by atoms with Crippen molar-refractivity contribution in [2.24, 2.45) is 0 Å². The topological polar surface area (TPSA) is 83.0 Å². The minimum Gasteiger partial charge on any atom is -0.478 e. The number of aromatic amines is 1. The van der Waals surface area contributed by atoms with E-state index in [1.54, 1.807) is 24.3 Å². The van der Waals surface area contributed by atoms with E-state index in [9.17, 15) is 9.59 Å². The van der Waals surface area contributed by atoms with Crippen LogP contribution in [0.4, 0.5) is 0 Å². The van der Waals surface area contributed by atoms with Gasteiger partial charge in [0.2, 0.25) is 0 Å². The van der Waals surface area contributed by atoms with Crippen molar-refractivity contribution in [3.63, 3.8) is 0 Å². The lowest BCUT2D eigenvalue weighted by molar-refractivity contribution is 0.0697. The highest BCUT2D eigenvalue weighted by molar-refractivity contribution is 6.50. The molecule has 0 amide bonds. The largest absolute Gasteiger partial charge is 0.478 e. The third-order valence-corrected chi connectivity index (χ3v) is 4.44. The van der Waals surface area contributed by atoms with Crippen molar-refractivity contribution < 1.29 is 9.90 Å². The molecule has 2 aromatic carbocycles. The van der Waals surface area contributed by atoms with Crippen LogP contribution in [0.3, 0.4) is 0 Å². The number of nitrogens with one attached hydrogen (secondary N) is 1. The number of hydrogen-bond donors (Lipinski definition) is 2. The number of carboxylic acids is 1. The summed E-state index contributed by atoms with van der Waals surface area (Å²) in [6.07, 6.45) is 1.56. The predicted octanol–water partition coefficient (Wildman–Crippen LogP) is 4.67. The fourth-order valence-electron chi connectivity index (χ4n) is 2.20. The smallest absolute Gasteiger partial charge is 0.335 e. The number of halogens is 3. The molecule has 0 aliphatic rings. The summed E-state index contributed by atoms with van der Waals surface area (Å²) in [6, 6.07) is 9.01. The molecule has 8 heteroatoms. The second-order valence-corrected chi connectivity index (χ2v) is 6.34. The highest BCUT2D eigenvalue weighted by Gasteiger charge is 2.10. The predicted molar refractivity (Wildman–Crippen MR) is 99.5 cm³/mol. The monoisotopic (exact) mass is 394 g/mol. The molecular formula is C17H9Cl3N2O3. The first kappa shape index (κ1) is 17.5. The lowest BCUT2D eigenvalue weighted by Crippen LogP contribution is -2.11. The average Bonchev–Trinajstić information content (AvgIpc) is 2.57. The van der Waals surface area contributed by atoms with Gasteiger partial charge in [0.15, 0.2) is 5.82 Å². The quantitative estimate of drug-likeness (QED) is 0.675. The van der Waals surface area contributed by atoms with Crippen molar-refractivity contribution in [1.82, 2.24) is 9.97 Å². The third kappa shape index (κ3) is 3.69. The van der Waals surface area contributed by atoms with Gasteiger partial charge >= 0.3 is 5.97 Å². The van der Waals surface area contributed by atoms with Crippen LogP contribution in [0.25, 0.3) is 22.0 Å². The number of aromatic nitrogens is 2. The van der Waals surface area contributed by atoms with Crippen LogP contribution >= 0.6 is 34.8 Å². The normalized spacial score (nSPS) is 11.7. The molecule has 0 radical (unpaired) electrons. The standard InChI is InChI=1S/C17H9Cl3N2O3/c18-11-4-1-8(5-12(11)19)6-13(20)15-21-14-7-9(17(24)25)2-3-10(14)16(23)22-15/h1-7H,(H,24,25)(H,21,22,23)/b13-6-. The summed E-state index contributed by atoms with van der Waals surface area (Å²) < 4.78 is 0. The Morgan fingerprint density at radius 3 is 2.56 bits per heavy atom. The molecule has 1 aromatic heterocycles. The molecule has 25 heavy (non-hydrogen) atoms. The van der Waals surface area contributed by atoms with Crippen LogP contribution in [0.2, 0.25) is 10.0 Å². The number of nitrogens with zero attached hydrogens (tertiary/aromatic N) is 1. The Bertz CT molecular complexity index is 1090. The first-order valence-corrected chi connectivity index (χ1v) is 8.08. The summed E-state index contributed by atoms with van der Waals surface area (Å²) >= 11 is 18.1. The van der Waals surface area contributed by atoms with E-state index in [2.05, 4.69) is 9.97 Å². The SMILES string of the molecule is O=C(O)c1ccc2c(=O)[nH]c(/C(Cl)=C/c3ccc(Cl)c(Cl)c3)nc2c1. The summed E-state index contributed by atoms with van der Waals surface area (Å²) in [7, 11) is 0. The van der Waals surface area contributed by atoms with Crippen LogP contribution < -0.4 is 5.56 Å². The summed E-state index contributed by atoms with van der Waals surface area (Å²) in [5.41, 5.74) is 0.513. The molecule has 0 saturated heterocycles. The summed E-state index contributed by atoms with van der Waals surface area (Å²) in [5, 5.41) is 10.3. The zero-order chi connectivity index (χ0) is 18.1. The highest BCUT2D eigenvalue weighted by Crippen LogP contribution is 2.26. The molecule has 3 aromatic rings. The lowest BCUT2D eigenvalue weighted by Gasteiger charge is -2.04. The van der Waals surface area contributed by atoms with Gasteiger partial charge in [0.05, 0.1) is 31.5 Å². The van der Waals surface area contributed by atoms with E-state index < -0.39 is 11.5 Å². The molecule has 126 valence electrons. The zero-order valence-corrected chi connectivity index (χ0v) is 14.7. The molecular weight excluding hydrogens is 387 g/mol. The van der Waals surface area contributed by atoms with Crippen LogP contribution in [0, 0.1) is 0 Å². The van der Waals surface area contributed by atoms with Gasteiger partial charge in [-0.2, -0.15) is 0 Å². The van der Waals surface area contributed by atoms with E-state index in [4.69, 9.17) is 39.9 Å². The van der Waals surface area contributed by atoms with Gasteiger partial charge in [-0.25, -0.2) is 9.78 Å². The van der Waals surface area contributed by atoms with Gasteiger partial charge < -0.3 is 10.1 Å². The third-order valence-electron chi connectivity index (χ3n) is 3.42. The summed E-state index contributed by atoms with van der Waals surface area (Å²) in [5.74, 6) is -0.990. The molecule has 0 unspecified atom stereocenters. The van der Waals surface area contributed by atoms with Crippen molar-refractivity contribution in [1.29, 1.82) is 0 Å². The minimum atomic E-state index is -1.11. The van der Waals surface area contributed by atoms with E-state index >= 15 is 0 Å². The number of H-pyrrole nitrogens is 1. The van der Waals surface area contributed by atoms with Crippen LogP contribution in [-0.4, -0.2) is 21.0 Å². The first-order chi connectivity index (χ1) is 11.8. The van der Waals surface area contributed by atoms with Crippen LogP contribution in [0.1, 0.15) is 21.7 Å². The van der Waals surface area contributed by atoms with Crippen LogP contribution in [0.15, 0.2) is 41.2 Å². The summed E-state index contributed by atoms with van der Waals surface area (Å²) in [6.45, 7) is 0. The maximum Gasteiger partial charge on any atom is 0.335 e. The van der Waals surface area contributed by atoms with Gasteiger partial charge in [0, 0.05) is 0 Å². The maximum atomic E-state index is 12.2. The van der Waals surface area contributed by atoms with E-state index in [0.29, 0.717) is 15.6 Å². The molecule has 2 N–H and O–H groups in total. The van der Waals surface area contributed by atoms with E-state index in [-0.39, 0.29) is 27.3 Å². The first-order valence-electron chi connectivity index (χ1n) is 6.95. The number of hydrogen-bond acceptors (Lipinski definition) is 3. The van der Waals surface area contributed by atoms with Crippen LogP contribution in [-0.2, 0) is 0 Å². The number of carboxylic acid groups (broad SMARTS) is 1. The van der Waals surface area contributed by atoms with Gasteiger partial charge in [0.1, 0.15) is 0 Å². The molecule has 3 rings (SSSR count). The molecule has 0 saturated carbocycles. The van der Waals surface area contributed by atoms with Crippen molar-refractivity contribution >= 4 is 62.8 Å².